The lowest BCUT2D eigenvalue weighted by Gasteiger charge is -2.33. The van der Waals surface area contributed by atoms with E-state index in [4.69, 9.17) is 9.15 Å². The maximum absolute atomic E-state index is 12.8. The third kappa shape index (κ3) is 4.03. The minimum absolute atomic E-state index is 0.0336. The van der Waals surface area contributed by atoms with Crippen LogP contribution in [-0.4, -0.2) is 53.8 Å². The Morgan fingerprint density at radius 3 is 2.88 bits per heavy atom. The smallest absolute Gasteiger partial charge is 0.310 e. The Labute approximate surface area is 146 Å². The first kappa shape index (κ1) is 17.5. The quantitative estimate of drug-likeness (QED) is 0.752. The molecule has 2 aliphatic rings. The summed E-state index contributed by atoms with van der Waals surface area (Å²) in [5.74, 6) is -0.195. The molecule has 3 rings (SSSR count). The van der Waals surface area contributed by atoms with Gasteiger partial charge in [0.15, 0.2) is 0 Å². The average molecular weight is 348 g/mol. The zero-order chi connectivity index (χ0) is 17.8. The zero-order valence-corrected chi connectivity index (χ0v) is 14.5. The van der Waals surface area contributed by atoms with Gasteiger partial charge < -0.3 is 19.0 Å². The highest BCUT2D eigenvalue weighted by Gasteiger charge is 2.39. The van der Waals surface area contributed by atoms with Crippen LogP contribution in [0.5, 0.6) is 0 Å². The summed E-state index contributed by atoms with van der Waals surface area (Å²) in [6.45, 7) is 3.95. The highest BCUT2D eigenvalue weighted by molar-refractivity contribution is 5.89. The number of carbonyl (C=O) groups excluding carboxylic acids is 3. The zero-order valence-electron chi connectivity index (χ0n) is 14.5. The normalized spacial score (nSPS) is 23.8. The minimum atomic E-state index is -0.344. The van der Waals surface area contributed by atoms with E-state index in [1.807, 2.05) is 6.07 Å². The van der Waals surface area contributed by atoms with Gasteiger partial charge in [-0.15, -0.1) is 0 Å². The molecule has 0 N–H and O–H groups in total. The first-order valence-electron chi connectivity index (χ1n) is 8.84. The van der Waals surface area contributed by atoms with Crippen LogP contribution in [-0.2, 0) is 25.7 Å². The lowest BCUT2D eigenvalue weighted by molar-refractivity contribution is -0.152. The van der Waals surface area contributed by atoms with Crippen LogP contribution in [0.4, 0.5) is 0 Å². The number of furan rings is 1. The number of hydrogen-bond donors (Lipinski definition) is 0. The van der Waals surface area contributed by atoms with Crippen LogP contribution in [0.2, 0.25) is 0 Å². The largest absolute Gasteiger partial charge is 0.467 e. The van der Waals surface area contributed by atoms with E-state index < -0.39 is 0 Å². The third-order valence-electron chi connectivity index (χ3n) is 4.84. The summed E-state index contributed by atoms with van der Waals surface area (Å²) in [5.41, 5.74) is 0. The molecule has 0 aliphatic carbocycles. The summed E-state index contributed by atoms with van der Waals surface area (Å²) in [6.07, 6.45) is 3.32. The van der Waals surface area contributed by atoms with Gasteiger partial charge in [0.1, 0.15) is 5.76 Å². The molecular formula is C18H24N2O5. The van der Waals surface area contributed by atoms with E-state index in [2.05, 4.69) is 0 Å². The summed E-state index contributed by atoms with van der Waals surface area (Å²) in [6, 6.07) is 3.60. The number of piperidine rings is 1. The Kier molecular flexibility index (Phi) is 5.40. The van der Waals surface area contributed by atoms with Gasteiger partial charge in [0.05, 0.1) is 31.3 Å². The molecule has 2 fully saturated rings. The van der Waals surface area contributed by atoms with Gasteiger partial charge in [0, 0.05) is 26.1 Å². The van der Waals surface area contributed by atoms with E-state index in [1.54, 1.807) is 29.1 Å². The Morgan fingerprint density at radius 2 is 2.16 bits per heavy atom. The van der Waals surface area contributed by atoms with Crippen molar-refractivity contribution in [2.75, 3.05) is 26.2 Å². The molecular weight excluding hydrogens is 324 g/mol. The Morgan fingerprint density at radius 1 is 1.32 bits per heavy atom. The molecule has 0 spiro atoms. The monoisotopic (exact) mass is 348 g/mol. The molecule has 2 amide bonds. The van der Waals surface area contributed by atoms with Gasteiger partial charge in [-0.1, -0.05) is 0 Å². The first-order chi connectivity index (χ1) is 12.1. The molecule has 0 bridgehead atoms. The second kappa shape index (κ2) is 7.72. The molecule has 2 aliphatic heterocycles. The summed E-state index contributed by atoms with van der Waals surface area (Å²) in [4.78, 5) is 40.3. The molecule has 0 saturated carbocycles. The van der Waals surface area contributed by atoms with Crippen molar-refractivity contribution in [1.29, 1.82) is 0 Å². The number of amides is 2. The number of ether oxygens (including phenoxy) is 1. The number of nitrogens with zero attached hydrogens (tertiary/aromatic N) is 2. The van der Waals surface area contributed by atoms with E-state index in [1.165, 1.54) is 0 Å². The third-order valence-corrected chi connectivity index (χ3v) is 4.84. The van der Waals surface area contributed by atoms with Crippen LogP contribution in [0.25, 0.3) is 0 Å². The molecule has 2 unspecified atom stereocenters. The van der Waals surface area contributed by atoms with Crippen LogP contribution in [0.1, 0.15) is 31.9 Å². The van der Waals surface area contributed by atoms with Gasteiger partial charge in [-0.25, -0.2) is 0 Å². The molecule has 1 aromatic rings. The van der Waals surface area contributed by atoms with E-state index in [9.17, 15) is 14.4 Å². The molecule has 2 atom stereocenters. The number of likely N-dealkylation sites (tertiary alicyclic amines) is 2. The molecule has 0 aromatic carbocycles. The van der Waals surface area contributed by atoms with E-state index >= 15 is 0 Å². The highest BCUT2D eigenvalue weighted by atomic mass is 16.5. The minimum Gasteiger partial charge on any atom is -0.467 e. The van der Waals surface area contributed by atoms with E-state index in [0.29, 0.717) is 38.5 Å². The number of carbonyl (C=O) groups is 3. The van der Waals surface area contributed by atoms with Gasteiger partial charge in [0.2, 0.25) is 11.8 Å². The molecule has 7 nitrogen and oxygen atoms in total. The molecule has 25 heavy (non-hydrogen) atoms. The van der Waals surface area contributed by atoms with Crippen molar-refractivity contribution < 1.29 is 23.5 Å². The van der Waals surface area contributed by atoms with Crippen molar-refractivity contribution in [3.63, 3.8) is 0 Å². The van der Waals surface area contributed by atoms with Gasteiger partial charge in [0.25, 0.3) is 0 Å². The summed E-state index contributed by atoms with van der Waals surface area (Å²) in [7, 11) is 0. The standard InChI is InChI=1S/C18H24N2O5/c1-2-24-18(23)13-5-3-7-19(10-13)17(22)14-9-16(21)20(11-14)12-15-6-4-8-25-15/h4,6,8,13-14H,2-3,5,7,9-12H2,1H3. The molecule has 2 saturated heterocycles. The second-order valence-electron chi connectivity index (χ2n) is 6.63. The van der Waals surface area contributed by atoms with Crippen LogP contribution in [0.15, 0.2) is 22.8 Å². The summed E-state index contributed by atoms with van der Waals surface area (Å²) < 4.78 is 10.4. The van der Waals surface area contributed by atoms with Crippen molar-refractivity contribution in [1.82, 2.24) is 9.80 Å². The van der Waals surface area contributed by atoms with Crippen molar-refractivity contribution in [2.24, 2.45) is 11.8 Å². The van der Waals surface area contributed by atoms with Gasteiger partial charge in [-0.3, -0.25) is 14.4 Å². The highest BCUT2D eigenvalue weighted by Crippen LogP contribution is 2.25. The predicted octanol–water partition coefficient (Wildman–Crippen LogP) is 1.43. The number of hydrogen-bond acceptors (Lipinski definition) is 5. The fourth-order valence-electron chi connectivity index (χ4n) is 3.57. The Balaban J connectivity index is 1.57. The fourth-order valence-corrected chi connectivity index (χ4v) is 3.57. The summed E-state index contributed by atoms with van der Waals surface area (Å²) in [5, 5.41) is 0. The Hall–Kier alpha value is -2.31. The van der Waals surface area contributed by atoms with Crippen LogP contribution < -0.4 is 0 Å². The number of rotatable bonds is 5. The molecule has 3 heterocycles. The van der Waals surface area contributed by atoms with Crippen molar-refractivity contribution in [2.45, 2.75) is 32.7 Å². The number of esters is 1. The maximum Gasteiger partial charge on any atom is 0.310 e. The SMILES string of the molecule is CCOC(=O)C1CCCN(C(=O)C2CC(=O)N(Cc3ccco3)C2)C1. The lowest BCUT2D eigenvalue weighted by atomic mass is 9.96. The second-order valence-corrected chi connectivity index (χ2v) is 6.63. The van der Waals surface area contributed by atoms with Crippen molar-refractivity contribution in [3.05, 3.63) is 24.2 Å². The van der Waals surface area contributed by atoms with Crippen LogP contribution >= 0.6 is 0 Å². The molecule has 136 valence electrons. The summed E-state index contributed by atoms with van der Waals surface area (Å²) >= 11 is 0. The van der Waals surface area contributed by atoms with E-state index in [-0.39, 0.29) is 36.0 Å². The molecule has 7 heteroatoms. The maximum atomic E-state index is 12.8. The first-order valence-corrected chi connectivity index (χ1v) is 8.84. The average Bonchev–Trinajstić information content (AvgIpc) is 3.25. The van der Waals surface area contributed by atoms with Crippen LogP contribution in [0, 0.1) is 11.8 Å². The predicted molar refractivity (Wildman–Crippen MR) is 88.2 cm³/mol. The Bertz CT molecular complexity index is 627. The topological polar surface area (TPSA) is 80.1 Å². The molecule has 0 radical (unpaired) electrons. The lowest BCUT2D eigenvalue weighted by Crippen LogP contribution is -2.45. The fraction of sp³-hybridized carbons (Fsp3) is 0.611. The van der Waals surface area contributed by atoms with Gasteiger partial charge in [-0.2, -0.15) is 0 Å². The van der Waals surface area contributed by atoms with Gasteiger partial charge in [-0.05, 0) is 31.9 Å². The molecule has 1 aromatic heterocycles. The van der Waals surface area contributed by atoms with Crippen LogP contribution in [0.3, 0.4) is 0 Å². The van der Waals surface area contributed by atoms with Gasteiger partial charge >= 0.3 is 5.97 Å². The van der Waals surface area contributed by atoms with Crippen molar-refractivity contribution >= 4 is 17.8 Å². The van der Waals surface area contributed by atoms with E-state index in [0.717, 1.165) is 12.8 Å². The van der Waals surface area contributed by atoms with Crippen molar-refractivity contribution in [3.8, 4) is 0 Å².